The van der Waals surface area contributed by atoms with E-state index >= 15 is 4.39 Å². The van der Waals surface area contributed by atoms with E-state index in [1.807, 2.05) is 57.4 Å². The number of nitrogens with zero attached hydrogens (tertiary/aromatic N) is 12. The molecule has 3 aromatic heterocycles. The number of methoxy groups -OCH3 is 3. The van der Waals surface area contributed by atoms with Gasteiger partial charge in [0.2, 0.25) is 17.7 Å². The molecule has 0 saturated carbocycles. The number of halogens is 8. The van der Waals surface area contributed by atoms with Crippen LogP contribution >= 0.6 is 81.7 Å². The maximum Gasteiger partial charge on any atom is 0.350 e. The first-order valence-electron chi connectivity index (χ1n) is 38.3. The Morgan fingerprint density at radius 1 is 0.420 bits per heavy atom. The van der Waals surface area contributed by atoms with Crippen molar-refractivity contribution >= 4 is 150 Å². The monoisotopic (exact) mass is 1770 g/mol. The first-order valence-corrected chi connectivity index (χ1v) is 42.8. The Morgan fingerprint density at radius 2 is 0.739 bits per heavy atom. The molecule has 9 aromatic rings. The molecule has 6 aliphatic rings. The maximum atomic E-state index is 15.1. The Balaban J connectivity index is 0.000000155. The van der Waals surface area contributed by atoms with Crippen LogP contribution in [0, 0.1) is 23.3 Å². The van der Waals surface area contributed by atoms with Gasteiger partial charge < -0.3 is 57.8 Å². The fourth-order valence-electron chi connectivity index (χ4n) is 16.7. The highest BCUT2D eigenvalue weighted by molar-refractivity contribution is 8.00. The summed E-state index contributed by atoms with van der Waals surface area (Å²) in [5.41, 5.74) is 3.90. The van der Waals surface area contributed by atoms with Crippen LogP contribution in [0.2, 0.25) is 20.1 Å². The van der Waals surface area contributed by atoms with Gasteiger partial charge in [0, 0.05) is 173 Å². The minimum atomic E-state index is -0.761. The Bertz CT molecular complexity index is 5630. The van der Waals surface area contributed by atoms with Crippen LogP contribution in [0.5, 0.6) is 0 Å². The van der Waals surface area contributed by atoms with Crippen molar-refractivity contribution in [1.29, 1.82) is 0 Å². The number of anilines is 3. The summed E-state index contributed by atoms with van der Waals surface area (Å²) in [6, 6.07) is 18.4. The van der Waals surface area contributed by atoms with Crippen molar-refractivity contribution in [3.05, 3.63) is 192 Å². The number of aromatic nitrogens is 6. The third kappa shape index (κ3) is 18.1. The molecule has 0 bridgehead atoms. The number of ether oxygens (including phenoxy) is 6. The summed E-state index contributed by atoms with van der Waals surface area (Å²) in [6.07, 6.45) is 2.92. The summed E-state index contributed by atoms with van der Waals surface area (Å²) in [7, 11) is 4.61. The molecule has 3 fully saturated rings. The summed E-state index contributed by atoms with van der Waals surface area (Å²) < 4.78 is 94.3. The van der Waals surface area contributed by atoms with E-state index < -0.39 is 40.6 Å². The molecule has 9 heterocycles. The molecular weight excluding hydrogens is 1680 g/mol. The molecule has 3 unspecified atom stereocenters. The van der Waals surface area contributed by atoms with Gasteiger partial charge in [-0.3, -0.25) is 28.1 Å². The number of amides is 3. The standard InChI is InChI=1S/C28H29Cl2FN4O4S.C28H29ClF2N4O4S.C28H30ClFN4O4S/c1-5-23(36)35-15(2)10-33(11-16(35)3)27-19-9-21(30)24(17-6-7-22(31)20(29)8-17)26-25(19)34(28(37)32-27)12-18(13-40-26)39-14-38-4;1-5-23(36)35-15(2)10-33(11-16(35)3)27-20-9-21(29)24(19-7-6-17(30)8-22(19)31)26-25(20)34(28(37)32-27)12-18(13-40-26)39-14-38-4;1-5-23(35)34-16(2)11-32(12-17(34)3)27-21-10-22(29)24(18-6-8-19(30)9-7-18)26-25(21)33(28(36)31-27)13-20(14-39-26)38-15-37-4/h2*5-9,15-16,18H,1,10-14H2,2-4H3;5-10,16-17,20H,1,11-15H2,2-4H3/t2*15-,16+,18?;16-,17+,20?. The fraction of sp³-hybridized carbons (Fsp3) is 0.393. The molecule has 6 aliphatic heterocycles. The first kappa shape index (κ1) is 88.3. The lowest BCUT2D eigenvalue weighted by molar-refractivity contribution is -0.131. The van der Waals surface area contributed by atoms with E-state index in [0.717, 1.165) is 32.4 Å². The summed E-state index contributed by atoms with van der Waals surface area (Å²) >= 11 is 31.3. The zero-order valence-corrected chi connectivity index (χ0v) is 72.1. The largest absolute Gasteiger partial charge is 0.359 e. The number of thioether (sulfide) groups is 3. The lowest BCUT2D eigenvalue weighted by atomic mass is 10.0. The third-order valence-electron chi connectivity index (χ3n) is 21.6. The molecule has 15 rings (SSSR count). The number of carbonyl (C=O) groups is 3. The number of hydrogen-bond acceptors (Lipinski definition) is 21. The van der Waals surface area contributed by atoms with Crippen LogP contribution in [0.15, 0.2) is 146 Å². The molecule has 0 radical (unpaired) electrons. The second-order valence-corrected chi connectivity index (χ2v) is 34.5. The van der Waals surface area contributed by atoms with E-state index in [9.17, 15) is 41.9 Å². The molecule has 6 aromatic carbocycles. The molecule has 9 atom stereocenters. The molecule has 35 heteroatoms. The van der Waals surface area contributed by atoms with Crippen LogP contribution in [0.3, 0.4) is 0 Å². The zero-order valence-electron chi connectivity index (χ0n) is 66.7. The van der Waals surface area contributed by atoms with Gasteiger partial charge in [-0.15, -0.1) is 35.3 Å². The fourth-order valence-corrected chi connectivity index (χ4v) is 21.8. The average Bonchev–Trinajstić information content (AvgIpc) is 1.72. The lowest BCUT2D eigenvalue weighted by Gasteiger charge is -2.44. The maximum absolute atomic E-state index is 15.1. The highest BCUT2D eigenvalue weighted by Gasteiger charge is 2.40. The second kappa shape index (κ2) is 37.8. The summed E-state index contributed by atoms with van der Waals surface area (Å²) in [4.78, 5) is 105. The third-order valence-corrected chi connectivity index (χ3v) is 26.5. The van der Waals surface area contributed by atoms with E-state index in [1.165, 1.54) is 89.8 Å². The number of piperazine rings is 3. The second-order valence-electron chi connectivity index (χ2n) is 29.8. The molecule has 0 N–H and O–H groups in total. The smallest absolute Gasteiger partial charge is 0.350 e. The van der Waals surface area contributed by atoms with Crippen LogP contribution in [0.25, 0.3) is 66.1 Å². The van der Waals surface area contributed by atoms with Gasteiger partial charge in [-0.25, -0.2) is 31.9 Å². The van der Waals surface area contributed by atoms with Gasteiger partial charge >= 0.3 is 17.1 Å². The predicted octanol–water partition coefficient (Wildman–Crippen LogP) is 14.5. The lowest BCUT2D eigenvalue weighted by Crippen LogP contribution is -2.58. The summed E-state index contributed by atoms with van der Waals surface area (Å²) in [5, 5.41) is 3.18. The van der Waals surface area contributed by atoms with Crippen LogP contribution in [-0.2, 0) is 62.4 Å². The highest BCUT2D eigenvalue weighted by atomic mass is 35.5. The van der Waals surface area contributed by atoms with Gasteiger partial charge in [-0.1, -0.05) is 84.3 Å². The molecule has 24 nitrogen and oxygen atoms in total. The van der Waals surface area contributed by atoms with Gasteiger partial charge in [0.15, 0.2) is 0 Å². The van der Waals surface area contributed by atoms with Crippen LogP contribution in [-0.4, -0.2) is 214 Å². The van der Waals surface area contributed by atoms with Gasteiger partial charge in [-0.2, -0.15) is 15.0 Å². The molecule has 0 aliphatic carbocycles. The van der Waals surface area contributed by atoms with Crippen LogP contribution < -0.4 is 31.8 Å². The molecule has 3 amide bonds. The van der Waals surface area contributed by atoms with E-state index in [4.69, 9.17) is 74.8 Å². The predicted molar refractivity (Wildman–Crippen MR) is 461 cm³/mol. The van der Waals surface area contributed by atoms with Gasteiger partial charge in [-0.05, 0) is 125 Å². The number of rotatable bonds is 18. The van der Waals surface area contributed by atoms with E-state index in [0.29, 0.717) is 139 Å². The molecule has 119 heavy (non-hydrogen) atoms. The Hall–Kier alpha value is -8.54. The quantitative estimate of drug-likeness (QED) is 0.0441. The zero-order chi connectivity index (χ0) is 85.3. The van der Waals surface area contributed by atoms with E-state index in [2.05, 4.69) is 39.6 Å². The Morgan fingerprint density at radius 3 is 1.07 bits per heavy atom. The normalized spacial score (nSPS) is 21.1. The first-order chi connectivity index (χ1) is 57.0. The minimum Gasteiger partial charge on any atom is -0.359 e. The van der Waals surface area contributed by atoms with Crippen molar-refractivity contribution in [2.75, 3.05) is 113 Å². The van der Waals surface area contributed by atoms with Gasteiger partial charge in [0.05, 0.1) is 74.6 Å². The summed E-state index contributed by atoms with van der Waals surface area (Å²) in [5.74, 6) is 0.221. The van der Waals surface area contributed by atoms with E-state index in [1.54, 1.807) is 80.1 Å². The van der Waals surface area contributed by atoms with Crippen LogP contribution in [0.1, 0.15) is 41.5 Å². The molecule has 0 spiro atoms. The summed E-state index contributed by atoms with van der Waals surface area (Å²) in [6.45, 7) is 26.4. The van der Waals surface area contributed by atoms with Crippen LogP contribution in [0.4, 0.5) is 35.0 Å². The van der Waals surface area contributed by atoms with Gasteiger partial charge in [0.1, 0.15) is 61.1 Å². The van der Waals surface area contributed by atoms with E-state index in [-0.39, 0.29) is 121 Å². The minimum absolute atomic E-state index is 0.0245. The average molecular weight is 1770 g/mol. The van der Waals surface area contributed by atoms with Crippen molar-refractivity contribution in [3.8, 4) is 33.4 Å². The van der Waals surface area contributed by atoms with Crippen molar-refractivity contribution in [2.45, 2.75) is 130 Å². The topological polar surface area (TPSA) is 231 Å². The molecule has 3 saturated heterocycles. The molecule has 630 valence electrons. The Labute approximate surface area is 716 Å². The highest BCUT2D eigenvalue weighted by Crippen LogP contribution is 2.50. The Kier molecular flexibility index (Phi) is 28.1. The number of hydrogen-bond donors (Lipinski definition) is 0. The van der Waals surface area contributed by atoms with Crippen molar-refractivity contribution in [1.82, 2.24) is 43.4 Å². The number of carbonyl (C=O) groups excluding carboxylic acids is 3. The van der Waals surface area contributed by atoms with Gasteiger partial charge in [0.25, 0.3) is 0 Å². The van der Waals surface area contributed by atoms with Crippen molar-refractivity contribution in [3.63, 3.8) is 0 Å². The SMILES string of the molecule is C=CC(=O)N1[C@H](C)CN(c2nc(=O)n3c4c(c(-c5ccc(F)c(Cl)c5)c(Cl)cc24)SCC(OCOC)C3)C[C@@H]1C.C=CC(=O)N1[C@H](C)CN(c2nc(=O)n3c4c(c(-c5ccc(F)cc5)c(Cl)cc24)SCC(OCOC)C3)C[C@@H]1C.C=CC(=O)N1[C@H](C)CN(c2nc(=O)n3c4c(c(-c5ccc(F)cc5F)c(Cl)cc24)SCC(OCOC)C3)C[C@@H]1C. The van der Waals surface area contributed by atoms with Crippen molar-refractivity contribution < 1.29 is 60.4 Å². The van der Waals surface area contributed by atoms with Crippen molar-refractivity contribution in [2.24, 2.45) is 0 Å². The molecular formula is C84H88Cl4F4N12O12S3. The number of benzene rings is 6.